The summed E-state index contributed by atoms with van der Waals surface area (Å²) in [7, 11) is 0. The first kappa shape index (κ1) is 12.9. The van der Waals surface area contributed by atoms with Crippen molar-refractivity contribution in [3.63, 3.8) is 0 Å². The van der Waals surface area contributed by atoms with Crippen molar-refractivity contribution in [3.8, 4) is 5.75 Å². The van der Waals surface area contributed by atoms with Crippen LogP contribution >= 0.6 is 11.6 Å². The molecule has 0 atom stereocenters. The Morgan fingerprint density at radius 2 is 2.14 bits per heavy atom. The highest BCUT2D eigenvalue weighted by atomic mass is 35.5. The first-order valence-electron chi connectivity index (χ1n) is 7.08. The number of hydrogen-bond acceptors (Lipinski definition) is 5. The van der Waals surface area contributed by atoms with E-state index < -0.39 is 0 Å². The zero-order valence-electron chi connectivity index (χ0n) is 11.5. The van der Waals surface area contributed by atoms with Gasteiger partial charge in [0.2, 0.25) is 5.28 Å². The lowest BCUT2D eigenvalue weighted by molar-refractivity contribution is 0.313. The molecule has 0 saturated carbocycles. The van der Waals surface area contributed by atoms with Gasteiger partial charge in [-0.2, -0.15) is 4.98 Å². The van der Waals surface area contributed by atoms with Crippen molar-refractivity contribution >= 4 is 23.1 Å². The Hall–Kier alpha value is -1.85. The van der Waals surface area contributed by atoms with Gasteiger partial charge in [-0.05, 0) is 36.7 Å². The van der Waals surface area contributed by atoms with Crippen LogP contribution in [0.1, 0.15) is 11.3 Å². The SMILES string of the molecule is Clc1nc2c(c(N3CCOc4ccccc43)n1)CCNC2. The van der Waals surface area contributed by atoms with Crippen molar-refractivity contribution < 1.29 is 4.74 Å². The number of anilines is 2. The molecule has 0 spiro atoms. The smallest absolute Gasteiger partial charge is 0.224 e. The van der Waals surface area contributed by atoms with Crippen molar-refractivity contribution in [2.45, 2.75) is 13.0 Å². The molecule has 4 rings (SSSR count). The highest BCUT2D eigenvalue weighted by Gasteiger charge is 2.26. The maximum Gasteiger partial charge on any atom is 0.224 e. The van der Waals surface area contributed by atoms with Crippen LogP contribution in [0.25, 0.3) is 0 Å². The fourth-order valence-corrected chi connectivity index (χ4v) is 3.11. The van der Waals surface area contributed by atoms with Crippen molar-refractivity contribution in [3.05, 3.63) is 40.8 Å². The van der Waals surface area contributed by atoms with Crippen molar-refractivity contribution in [1.29, 1.82) is 0 Å². The summed E-state index contributed by atoms with van der Waals surface area (Å²) >= 11 is 6.12. The minimum absolute atomic E-state index is 0.302. The molecule has 6 heteroatoms. The average molecular weight is 303 g/mol. The highest BCUT2D eigenvalue weighted by Crippen LogP contribution is 2.38. The molecule has 5 nitrogen and oxygen atoms in total. The molecule has 0 saturated heterocycles. The summed E-state index contributed by atoms with van der Waals surface area (Å²) < 4.78 is 5.72. The molecule has 108 valence electrons. The van der Waals surface area contributed by atoms with Gasteiger partial charge in [0.1, 0.15) is 18.2 Å². The minimum Gasteiger partial charge on any atom is -0.490 e. The first-order chi connectivity index (χ1) is 10.3. The number of nitrogens with one attached hydrogen (secondary N) is 1. The van der Waals surface area contributed by atoms with Crippen molar-refractivity contribution in [2.24, 2.45) is 0 Å². The highest BCUT2D eigenvalue weighted by molar-refractivity contribution is 6.28. The van der Waals surface area contributed by atoms with Gasteiger partial charge in [-0.25, -0.2) is 4.98 Å². The van der Waals surface area contributed by atoms with Gasteiger partial charge in [0.15, 0.2) is 0 Å². The Labute approximate surface area is 127 Å². The standard InChI is InChI=1S/C15H15ClN4O/c16-15-18-11-9-17-6-5-10(11)14(19-15)20-7-8-21-13-4-2-1-3-12(13)20/h1-4,17H,5-9H2. The molecular weight excluding hydrogens is 288 g/mol. The maximum absolute atomic E-state index is 6.12. The van der Waals surface area contributed by atoms with Crippen LogP contribution < -0.4 is 15.0 Å². The van der Waals surface area contributed by atoms with E-state index in [0.717, 1.165) is 49.0 Å². The van der Waals surface area contributed by atoms with Gasteiger partial charge in [0, 0.05) is 12.1 Å². The van der Waals surface area contributed by atoms with Crippen LogP contribution in [0.2, 0.25) is 5.28 Å². The molecule has 3 heterocycles. The van der Waals surface area contributed by atoms with Gasteiger partial charge in [-0.1, -0.05) is 12.1 Å². The van der Waals surface area contributed by atoms with Crippen LogP contribution in [-0.2, 0) is 13.0 Å². The van der Waals surface area contributed by atoms with Gasteiger partial charge in [-0.15, -0.1) is 0 Å². The molecule has 21 heavy (non-hydrogen) atoms. The number of nitrogens with zero attached hydrogens (tertiary/aromatic N) is 3. The molecule has 1 aromatic heterocycles. The van der Waals surface area contributed by atoms with Crippen molar-refractivity contribution in [1.82, 2.24) is 15.3 Å². The topological polar surface area (TPSA) is 50.3 Å². The number of benzene rings is 1. The molecular formula is C15H15ClN4O. The van der Waals surface area contributed by atoms with E-state index in [9.17, 15) is 0 Å². The maximum atomic E-state index is 6.12. The largest absolute Gasteiger partial charge is 0.490 e. The van der Waals surface area contributed by atoms with Crippen LogP contribution in [0.3, 0.4) is 0 Å². The summed E-state index contributed by atoms with van der Waals surface area (Å²) in [5.41, 5.74) is 3.23. The molecule has 0 unspecified atom stereocenters. The normalized spacial score (nSPS) is 16.9. The Kier molecular flexibility index (Phi) is 3.16. The van der Waals surface area contributed by atoms with E-state index in [1.54, 1.807) is 0 Å². The number of para-hydroxylation sites is 2. The molecule has 1 N–H and O–H groups in total. The fraction of sp³-hybridized carbons (Fsp3) is 0.333. The van der Waals surface area contributed by atoms with Crippen LogP contribution in [-0.4, -0.2) is 29.7 Å². The Morgan fingerprint density at radius 1 is 1.24 bits per heavy atom. The number of aromatic nitrogens is 2. The summed E-state index contributed by atoms with van der Waals surface area (Å²) in [6.45, 7) is 3.10. The second-order valence-corrected chi connectivity index (χ2v) is 5.47. The minimum atomic E-state index is 0.302. The lowest BCUT2D eigenvalue weighted by atomic mass is 10.1. The third-order valence-electron chi connectivity index (χ3n) is 3.87. The average Bonchev–Trinajstić information content (AvgIpc) is 2.53. The van der Waals surface area contributed by atoms with E-state index in [-0.39, 0.29) is 0 Å². The van der Waals surface area contributed by atoms with E-state index in [1.807, 2.05) is 18.2 Å². The lowest BCUT2D eigenvalue weighted by Gasteiger charge is -2.32. The van der Waals surface area contributed by atoms with Crippen LogP contribution in [0.4, 0.5) is 11.5 Å². The fourth-order valence-electron chi connectivity index (χ4n) is 2.92. The Bertz CT molecular complexity index is 691. The molecule has 0 radical (unpaired) electrons. The first-order valence-corrected chi connectivity index (χ1v) is 7.46. The van der Waals surface area contributed by atoms with Crippen LogP contribution in [0.15, 0.2) is 24.3 Å². The predicted octanol–water partition coefficient (Wildman–Crippen LogP) is 2.31. The molecule has 2 aliphatic heterocycles. The molecule has 2 aliphatic rings. The second-order valence-electron chi connectivity index (χ2n) is 5.14. The Morgan fingerprint density at radius 3 is 3.10 bits per heavy atom. The van der Waals surface area contributed by atoms with E-state index in [2.05, 4.69) is 26.3 Å². The van der Waals surface area contributed by atoms with E-state index >= 15 is 0 Å². The predicted molar refractivity (Wildman–Crippen MR) is 81.4 cm³/mol. The van der Waals surface area contributed by atoms with Crippen LogP contribution in [0, 0.1) is 0 Å². The summed E-state index contributed by atoms with van der Waals surface area (Å²) in [4.78, 5) is 11.1. The molecule has 0 bridgehead atoms. The van der Waals surface area contributed by atoms with Crippen molar-refractivity contribution in [2.75, 3.05) is 24.6 Å². The zero-order chi connectivity index (χ0) is 14.2. The third-order valence-corrected chi connectivity index (χ3v) is 4.04. The summed E-state index contributed by atoms with van der Waals surface area (Å²) in [6, 6.07) is 8.03. The summed E-state index contributed by atoms with van der Waals surface area (Å²) in [5.74, 6) is 1.81. The number of fused-ring (bicyclic) bond motifs is 2. The quantitative estimate of drug-likeness (QED) is 0.819. The number of halogens is 1. The van der Waals surface area contributed by atoms with Gasteiger partial charge in [0.25, 0.3) is 0 Å². The van der Waals surface area contributed by atoms with Gasteiger partial charge in [-0.3, -0.25) is 0 Å². The molecule has 2 aromatic rings. The molecule has 1 aromatic carbocycles. The van der Waals surface area contributed by atoms with Gasteiger partial charge >= 0.3 is 0 Å². The lowest BCUT2D eigenvalue weighted by Crippen LogP contribution is -2.33. The Balaban J connectivity index is 1.86. The number of rotatable bonds is 1. The van der Waals surface area contributed by atoms with Crippen LogP contribution in [0.5, 0.6) is 5.75 Å². The third kappa shape index (κ3) is 2.22. The van der Waals surface area contributed by atoms with E-state index in [4.69, 9.17) is 16.3 Å². The van der Waals surface area contributed by atoms with E-state index in [1.165, 1.54) is 5.56 Å². The summed E-state index contributed by atoms with van der Waals surface area (Å²) in [5, 5.41) is 3.63. The van der Waals surface area contributed by atoms with E-state index in [0.29, 0.717) is 11.9 Å². The monoisotopic (exact) mass is 302 g/mol. The number of ether oxygens (including phenoxy) is 1. The summed E-state index contributed by atoms with van der Waals surface area (Å²) in [6.07, 6.45) is 0.918. The molecule has 0 amide bonds. The molecule has 0 aliphatic carbocycles. The molecule has 0 fully saturated rings. The van der Waals surface area contributed by atoms with Gasteiger partial charge in [0.05, 0.1) is 17.9 Å². The second kappa shape index (κ2) is 5.16. The van der Waals surface area contributed by atoms with Gasteiger partial charge < -0.3 is 15.0 Å². The zero-order valence-corrected chi connectivity index (χ0v) is 12.2. The number of hydrogen-bond donors (Lipinski definition) is 1.